The molecule has 170 valence electrons. The van der Waals surface area contributed by atoms with Crippen LogP contribution in [0.4, 0.5) is 11.5 Å². The molecule has 4 rings (SSSR count). The third kappa shape index (κ3) is 4.14. The Kier molecular flexibility index (Phi) is 5.81. The number of imidazole rings is 1. The van der Waals surface area contributed by atoms with Crippen LogP contribution in [0.5, 0.6) is 0 Å². The highest BCUT2D eigenvalue weighted by Crippen LogP contribution is 2.44. The summed E-state index contributed by atoms with van der Waals surface area (Å²) in [4.78, 5) is 33.3. The number of nitrogens with two attached hydrogens (primary N) is 1. The summed E-state index contributed by atoms with van der Waals surface area (Å²) in [6, 6.07) is 5.49. The number of nitrogens with one attached hydrogen (secondary N) is 1. The number of carbonyl (C=O) groups is 1. The predicted molar refractivity (Wildman–Crippen MR) is 108 cm³/mol. The van der Waals surface area contributed by atoms with E-state index in [0.29, 0.717) is 0 Å². The molecule has 0 amide bonds. The lowest BCUT2D eigenvalue weighted by Crippen LogP contribution is -2.33. The lowest BCUT2D eigenvalue weighted by Gasteiger charge is -2.19. The summed E-state index contributed by atoms with van der Waals surface area (Å²) >= 11 is 0. The largest absolute Gasteiger partial charge is 0.478 e. The number of nitrogens with zero attached hydrogens (tertiary/aromatic N) is 4. The Morgan fingerprint density at radius 2 is 2.00 bits per heavy atom. The number of anilines is 2. The summed E-state index contributed by atoms with van der Waals surface area (Å²) in [5.41, 5.74) is 5.92. The lowest BCUT2D eigenvalue weighted by molar-refractivity contribution is -0.0483. The summed E-state index contributed by atoms with van der Waals surface area (Å²) < 4.78 is 24.4. The van der Waals surface area contributed by atoms with Gasteiger partial charge in [0.15, 0.2) is 17.7 Å². The second kappa shape index (κ2) is 8.43. The van der Waals surface area contributed by atoms with E-state index in [1.54, 1.807) is 0 Å². The molecule has 0 bridgehead atoms. The molecule has 3 heterocycles. The lowest BCUT2D eigenvalue weighted by atomic mass is 10.1. The van der Waals surface area contributed by atoms with Crippen molar-refractivity contribution in [3.63, 3.8) is 0 Å². The molecule has 2 aromatic heterocycles. The minimum absolute atomic E-state index is 0.121. The topological polar surface area (TPSA) is 215 Å². The number of para-hydroxylation sites is 1. The molecule has 1 fully saturated rings. The van der Waals surface area contributed by atoms with E-state index in [1.165, 1.54) is 41.5 Å². The number of aromatic nitrogens is 4. The molecule has 0 spiro atoms. The zero-order valence-electron chi connectivity index (χ0n) is 16.2. The number of carboxylic acids is 1. The molecule has 0 saturated carbocycles. The second-order valence-electron chi connectivity index (χ2n) is 6.91. The summed E-state index contributed by atoms with van der Waals surface area (Å²) in [7, 11) is -4.55. The first-order chi connectivity index (χ1) is 15.2. The standard InChI is InChI=1S/C17H19N6O8P/c18-14-11-15(20-6-19-14)23(7-21-11)16-13(25)12(24)10(31-16)5-30-32(28,29)22-9-4-2-1-3-8(9)17(26)27/h1-4,6-7,10,12-13,16,24-25H,5H2,(H,26,27)(H2,18,19,20)(H2,22,28,29). The van der Waals surface area contributed by atoms with Crippen LogP contribution in [-0.4, -0.2) is 70.6 Å². The van der Waals surface area contributed by atoms with Crippen molar-refractivity contribution in [2.45, 2.75) is 24.5 Å². The van der Waals surface area contributed by atoms with E-state index in [2.05, 4.69) is 20.0 Å². The zero-order valence-corrected chi connectivity index (χ0v) is 17.1. The number of fused-ring (bicyclic) bond motifs is 1. The molecule has 32 heavy (non-hydrogen) atoms. The molecule has 14 nitrogen and oxygen atoms in total. The quantitative estimate of drug-likeness (QED) is 0.252. The van der Waals surface area contributed by atoms with Crippen LogP contribution in [-0.2, 0) is 13.8 Å². The van der Waals surface area contributed by atoms with Crippen molar-refractivity contribution in [1.29, 1.82) is 0 Å². The van der Waals surface area contributed by atoms with E-state index in [9.17, 15) is 29.6 Å². The molecule has 1 aliphatic heterocycles. The third-order valence-electron chi connectivity index (χ3n) is 4.83. The molecule has 1 aromatic carbocycles. The van der Waals surface area contributed by atoms with E-state index in [0.717, 1.165) is 0 Å². The van der Waals surface area contributed by atoms with E-state index in [-0.39, 0.29) is 28.2 Å². The fourth-order valence-electron chi connectivity index (χ4n) is 3.28. The Morgan fingerprint density at radius 3 is 2.75 bits per heavy atom. The first kappa shape index (κ1) is 22.1. The van der Waals surface area contributed by atoms with Crippen molar-refractivity contribution in [2.24, 2.45) is 0 Å². The SMILES string of the molecule is Nc1ncnc2c1ncn2C1OC(COP(=O)(O)Nc2ccccc2C(=O)O)C(O)C1O. The van der Waals surface area contributed by atoms with Gasteiger partial charge in [-0.1, -0.05) is 12.1 Å². The van der Waals surface area contributed by atoms with Gasteiger partial charge in [0.2, 0.25) is 0 Å². The van der Waals surface area contributed by atoms with Crippen molar-refractivity contribution in [2.75, 3.05) is 17.4 Å². The first-order valence-electron chi connectivity index (χ1n) is 9.20. The normalized spacial score (nSPS) is 25.0. The van der Waals surface area contributed by atoms with Crippen molar-refractivity contribution in [3.8, 4) is 0 Å². The highest BCUT2D eigenvalue weighted by Gasteiger charge is 2.45. The van der Waals surface area contributed by atoms with Gasteiger partial charge in [-0.25, -0.2) is 24.3 Å². The molecule has 5 atom stereocenters. The van der Waals surface area contributed by atoms with Crippen LogP contribution in [0.2, 0.25) is 0 Å². The number of hydrogen-bond acceptors (Lipinski definition) is 10. The Labute approximate surface area is 179 Å². The zero-order chi connectivity index (χ0) is 23.0. The second-order valence-corrected chi connectivity index (χ2v) is 8.43. The third-order valence-corrected chi connectivity index (χ3v) is 5.85. The van der Waals surface area contributed by atoms with Gasteiger partial charge >= 0.3 is 13.7 Å². The first-order valence-corrected chi connectivity index (χ1v) is 10.8. The van der Waals surface area contributed by atoms with E-state index >= 15 is 0 Å². The summed E-state index contributed by atoms with van der Waals surface area (Å²) in [6.45, 7) is -0.589. The van der Waals surface area contributed by atoms with E-state index in [1.807, 2.05) is 0 Å². The number of rotatable bonds is 7. The van der Waals surface area contributed by atoms with Crippen molar-refractivity contribution in [3.05, 3.63) is 42.5 Å². The van der Waals surface area contributed by atoms with Gasteiger partial charge in [-0.05, 0) is 12.1 Å². The maximum atomic E-state index is 12.4. The minimum atomic E-state index is -4.55. The van der Waals surface area contributed by atoms with Gasteiger partial charge in [0.05, 0.1) is 24.2 Å². The van der Waals surface area contributed by atoms with Gasteiger partial charge in [0, 0.05) is 0 Å². The Hall–Kier alpha value is -3.13. The Balaban J connectivity index is 1.46. The number of aliphatic hydroxyl groups excluding tert-OH is 2. The van der Waals surface area contributed by atoms with Crippen LogP contribution < -0.4 is 10.8 Å². The van der Waals surface area contributed by atoms with Gasteiger partial charge in [0.1, 0.15) is 30.2 Å². The Bertz CT molecular complexity index is 1200. The van der Waals surface area contributed by atoms with Crippen molar-refractivity contribution in [1.82, 2.24) is 19.5 Å². The fraction of sp³-hybridized carbons (Fsp3) is 0.294. The van der Waals surface area contributed by atoms with Gasteiger partial charge in [-0.15, -0.1) is 0 Å². The van der Waals surface area contributed by atoms with E-state index in [4.69, 9.17) is 15.0 Å². The number of ether oxygens (including phenoxy) is 1. The smallest absolute Gasteiger partial charge is 0.430 e. The van der Waals surface area contributed by atoms with Crippen molar-refractivity contribution >= 4 is 36.4 Å². The number of benzene rings is 1. The van der Waals surface area contributed by atoms with Gasteiger partial charge in [0.25, 0.3) is 0 Å². The maximum Gasteiger partial charge on any atom is 0.430 e. The van der Waals surface area contributed by atoms with Crippen LogP contribution in [0.25, 0.3) is 11.2 Å². The van der Waals surface area contributed by atoms with Gasteiger partial charge < -0.3 is 30.7 Å². The molecule has 0 radical (unpaired) electrons. The summed E-state index contributed by atoms with van der Waals surface area (Å²) in [5.74, 6) is -1.18. The maximum absolute atomic E-state index is 12.4. The van der Waals surface area contributed by atoms with Crippen LogP contribution in [0.3, 0.4) is 0 Å². The van der Waals surface area contributed by atoms with Crippen LogP contribution in [0, 0.1) is 0 Å². The monoisotopic (exact) mass is 466 g/mol. The molecule has 3 aromatic rings. The number of carboxylic acid groups (broad SMARTS) is 1. The average Bonchev–Trinajstić information content (AvgIpc) is 3.29. The van der Waals surface area contributed by atoms with Crippen LogP contribution >= 0.6 is 7.75 Å². The molecular formula is C17H19N6O8P. The molecular weight excluding hydrogens is 447 g/mol. The summed E-state index contributed by atoms with van der Waals surface area (Å²) in [5, 5.41) is 32.1. The Morgan fingerprint density at radius 1 is 1.25 bits per heavy atom. The van der Waals surface area contributed by atoms with Gasteiger partial charge in [-0.2, -0.15) is 0 Å². The van der Waals surface area contributed by atoms with Crippen molar-refractivity contribution < 1.29 is 38.8 Å². The van der Waals surface area contributed by atoms with Crippen LogP contribution in [0.15, 0.2) is 36.9 Å². The number of aliphatic hydroxyl groups is 2. The summed E-state index contributed by atoms with van der Waals surface area (Å²) in [6.07, 6.45) is -2.71. The molecule has 15 heteroatoms. The molecule has 1 aliphatic rings. The highest BCUT2D eigenvalue weighted by molar-refractivity contribution is 7.54. The molecule has 7 N–H and O–H groups in total. The minimum Gasteiger partial charge on any atom is -0.478 e. The highest BCUT2D eigenvalue weighted by atomic mass is 31.2. The fourth-order valence-corrected chi connectivity index (χ4v) is 4.19. The molecule has 0 aliphatic carbocycles. The molecule has 5 unspecified atom stereocenters. The number of hydrogen-bond donors (Lipinski definition) is 6. The number of nitrogen functional groups attached to an aromatic ring is 1. The van der Waals surface area contributed by atoms with Crippen LogP contribution in [0.1, 0.15) is 16.6 Å². The van der Waals surface area contributed by atoms with Gasteiger partial charge in [-0.3, -0.25) is 14.2 Å². The molecule has 1 saturated heterocycles. The number of aromatic carboxylic acids is 1. The van der Waals surface area contributed by atoms with E-state index < -0.39 is 44.9 Å². The predicted octanol–water partition coefficient (Wildman–Crippen LogP) is -0.0450. The average molecular weight is 466 g/mol.